The van der Waals surface area contributed by atoms with Gasteiger partial charge in [-0.3, -0.25) is 4.79 Å². The van der Waals surface area contributed by atoms with Crippen LogP contribution in [0.25, 0.3) is 0 Å². The van der Waals surface area contributed by atoms with Gasteiger partial charge < -0.3 is 15.2 Å². The van der Waals surface area contributed by atoms with E-state index in [1.54, 1.807) is 0 Å². The summed E-state index contributed by atoms with van der Waals surface area (Å²) in [4.78, 5) is 12.2. The Labute approximate surface area is 135 Å². The monoisotopic (exact) mass is 323 g/mol. The lowest BCUT2D eigenvalue weighted by Gasteiger charge is -2.26. The number of hydrogen-bond donors (Lipinski definition) is 2. The van der Waals surface area contributed by atoms with Crippen molar-refractivity contribution in [3.63, 3.8) is 0 Å². The minimum atomic E-state index is -0.472. The third-order valence-corrected chi connectivity index (χ3v) is 4.97. The highest BCUT2D eigenvalue weighted by molar-refractivity contribution is 6.30. The molecule has 2 fully saturated rings. The molecule has 0 spiro atoms. The van der Waals surface area contributed by atoms with Crippen LogP contribution in [0.3, 0.4) is 0 Å². The first-order chi connectivity index (χ1) is 10.6. The zero-order chi connectivity index (χ0) is 15.5. The third-order valence-electron chi connectivity index (χ3n) is 4.72. The summed E-state index contributed by atoms with van der Waals surface area (Å²) < 4.78 is 5.29. The molecule has 1 saturated carbocycles. The normalized spacial score (nSPS) is 26.5. The Morgan fingerprint density at radius 2 is 2.00 bits per heavy atom. The summed E-state index contributed by atoms with van der Waals surface area (Å²) in [5.41, 5.74) is 1.16. The van der Waals surface area contributed by atoms with E-state index in [2.05, 4.69) is 5.32 Å². The van der Waals surface area contributed by atoms with Crippen LogP contribution in [-0.4, -0.2) is 36.9 Å². The molecular formula is C17H22ClNO3. The summed E-state index contributed by atoms with van der Waals surface area (Å²) in [6, 6.07) is 7.69. The molecule has 3 rings (SSSR count). The topological polar surface area (TPSA) is 58.6 Å². The van der Waals surface area contributed by atoms with Crippen molar-refractivity contribution in [2.75, 3.05) is 19.8 Å². The van der Waals surface area contributed by atoms with E-state index in [9.17, 15) is 9.90 Å². The molecule has 1 aliphatic heterocycles. The highest BCUT2D eigenvalue weighted by Crippen LogP contribution is 2.47. The summed E-state index contributed by atoms with van der Waals surface area (Å²) >= 11 is 5.88. The first-order valence-corrected chi connectivity index (χ1v) is 8.32. The van der Waals surface area contributed by atoms with E-state index in [0.29, 0.717) is 24.8 Å². The predicted octanol–water partition coefficient (Wildman–Crippen LogP) is 2.35. The van der Waals surface area contributed by atoms with Crippen molar-refractivity contribution in [2.45, 2.75) is 31.3 Å². The fraction of sp³-hybridized carbons (Fsp3) is 0.588. The lowest BCUT2D eigenvalue weighted by Crippen LogP contribution is -2.39. The largest absolute Gasteiger partial charge is 0.391 e. The van der Waals surface area contributed by atoms with E-state index in [4.69, 9.17) is 16.3 Å². The fourth-order valence-electron chi connectivity index (χ4n) is 3.17. The molecule has 2 N–H and O–H groups in total. The summed E-state index contributed by atoms with van der Waals surface area (Å²) in [6.45, 7) is 1.75. The molecular weight excluding hydrogens is 302 g/mol. The maximum Gasteiger partial charge on any atom is 0.223 e. The van der Waals surface area contributed by atoms with Gasteiger partial charge in [0.1, 0.15) is 0 Å². The van der Waals surface area contributed by atoms with Crippen LogP contribution in [0.15, 0.2) is 24.3 Å². The van der Waals surface area contributed by atoms with E-state index in [1.165, 1.54) is 0 Å². The molecule has 0 aromatic heterocycles. The number of halogens is 1. The number of amides is 1. The first kappa shape index (κ1) is 15.8. The number of aliphatic hydroxyl groups is 1. The summed E-state index contributed by atoms with van der Waals surface area (Å²) in [5.74, 6) is 0.604. The molecule has 0 unspecified atom stereocenters. The van der Waals surface area contributed by atoms with Gasteiger partial charge in [-0.2, -0.15) is 0 Å². The van der Waals surface area contributed by atoms with Crippen molar-refractivity contribution >= 4 is 17.5 Å². The van der Waals surface area contributed by atoms with Crippen molar-refractivity contribution in [3.05, 3.63) is 34.9 Å². The second kappa shape index (κ2) is 6.99. The van der Waals surface area contributed by atoms with E-state index >= 15 is 0 Å². The zero-order valence-corrected chi connectivity index (χ0v) is 13.3. The number of ether oxygens (including phenoxy) is 1. The Kier molecular flexibility index (Phi) is 5.01. The molecule has 1 heterocycles. The highest BCUT2D eigenvalue weighted by Gasteiger charge is 2.43. The van der Waals surface area contributed by atoms with Crippen molar-refractivity contribution in [3.8, 4) is 0 Å². The van der Waals surface area contributed by atoms with Gasteiger partial charge in [-0.1, -0.05) is 23.7 Å². The number of rotatable bonds is 5. The Morgan fingerprint density at radius 3 is 2.68 bits per heavy atom. The van der Waals surface area contributed by atoms with Gasteiger partial charge in [-0.15, -0.1) is 0 Å². The van der Waals surface area contributed by atoms with Gasteiger partial charge >= 0.3 is 0 Å². The molecule has 2 aliphatic rings. The number of benzene rings is 1. The van der Waals surface area contributed by atoms with E-state index in [-0.39, 0.29) is 23.7 Å². The number of carbonyl (C=O) groups is 1. The van der Waals surface area contributed by atoms with Crippen LogP contribution in [0.1, 0.15) is 30.7 Å². The minimum absolute atomic E-state index is 0.0306. The van der Waals surface area contributed by atoms with E-state index in [0.717, 1.165) is 24.8 Å². The molecule has 0 bridgehead atoms. The van der Waals surface area contributed by atoms with Crippen LogP contribution in [0.5, 0.6) is 0 Å². The van der Waals surface area contributed by atoms with Crippen LogP contribution in [0, 0.1) is 11.8 Å². The lowest BCUT2D eigenvalue weighted by atomic mass is 9.94. The smallest absolute Gasteiger partial charge is 0.223 e. The molecule has 5 heteroatoms. The number of carbonyl (C=O) groups excluding carboxylic acids is 1. The van der Waals surface area contributed by atoms with Gasteiger partial charge in [0.25, 0.3) is 0 Å². The maximum atomic E-state index is 12.2. The molecule has 3 atom stereocenters. The van der Waals surface area contributed by atoms with Crippen LogP contribution < -0.4 is 5.32 Å². The number of nitrogens with one attached hydrogen (secondary N) is 1. The molecule has 1 aliphatic carbocycles. The van der Waals surface area contributed by atoms with Gasteiger partial charge in [0, 0.05) is 30.7 Å². The molecule has 1 saturated heterocycles. The molecule has 0 radical (unpaired) electrons. The Balaban J connectivity index is 1.44. The van der Waals surface area contributed by atoms with Crippen LogP contribution >= 0.6 is 11.6 Å². The van der Waals surface area contributed by atoms with Gasteiger partial charge in [-0.05, 0) is 48.8 Å². The molecule has 120 valence electrons. The molecule has 1 aromatic rings. The average Bonchev–Trinajstić information content (AvgIpc) is 3.34. The molecule has 22 heavy (non-hydrogen) atoms. The van der Waals surface area contributed by atoms with Gasteiger partial charge in [-0.25, -0.2) is 0 Å². The highest BCUT2D eigenvalue weighted by atomic mass is 35.5. The van der Waals surface area contributed by atoms with E-state index in [1.807, 2.05) is 24.3 Å². The molecule has 4 nitrogen and oxygen atoms in total. The van der Waals surface area contributed by atoms with Crippen LogP contribution in [0.2, 0.25) is 5.02 Å². The summed E-state index contributed by atoms with van der Waals surface area (Å²) in [6.07, 6.45) is 2.14. The van der Waals surface area contributed by atoms with Crippen molar-refractivity contribution < 1.29 is 14.6 Å². The van der Waals surface area contributed by atoms with Crippen LogP contribution in [0.4, 0.5) is 0 Å². The summed E-state index contributed by atoms with van der Waals surface area (Å²) in [5, 5.41) is 13.8. The average molecular weight is 324 g/mol. The number of aliphatic hydroxyl groups excluding tert-OH is 1. The SMILES string of the molecule is O=C(NC[C@H](O)C1CCOCC1)[C@@H]1C[C@@H]1c1ccc(Cl)cc1. The maximum absolute atomic E-state index is 12.2. The van der Waals surface area contributed by atoms with Crippen molar-refractivity contribution in [1.29, 1.82) is 0 Å². The zero-order valence-electron chi connectivity index (χ0n) is 12.5. The van der Waals surface area contributed by atoms with Gasteiger partial charge in [0.15, 0.2) is 0 Å². The van der Waals surface area contributed by atoms with Crippen molar-refractivity contribution in [1.82, 2.24) is 5.32 Å². The Hall–Kier alpha value is -1.10. The lowest BCUT2D eigenvalue weighted by molar-refractivity contribution is -0.123. The van der Waals surface area contributed by atoms with E-state index < -0.39 is 6.10 Å². The first-order valence-electron chi connectivity index (χ1n) is 7.94. The number of hydrogen-bond acceptors (Lipinski definition) is 3. The third kappa shape index (κ3) is 3.80. The quantitative estimate of drug-likeness (QED) is 0.874. The van der Waals surface area contributed by atoms with Crippen molar-refractivity contribution in [2.24, 2.45) is 11.8 Å². The Morgan fingerprint density at radius 1 is 1.32 bits per heavy atom. The molecule has 1 aromatic carbocycles. The summed E-state index contributed by atoms with van der Waals surface area (Å²) in [7, 11) is 0. The predicted molar refractivity (Wildman–Crippen MR) is 84.9 cm³/mol. The molecule has 1 amide bonds. The second-order valence-electron chi connectivity index (χ2n) is 6.26. The Bertz CT molecular complexity index is 513. The standard InChI is InChI=1S/C17H22ClNO3/c18-13-3-1-11(2-4-13)14-9-15(14)17(21)19-10-16(20)12-5-7-22-8-6-12/h1-4,12,14-16,20H,5-10H2,(H,19,21)/t14-,15-,16+/m1/s1. The minimum Gasteiger partial charge on any atom is -0.391 e. The van der Waals surface area contributed by atoms with Gasteiger partial charge in [0.2, 0.25) is 5.91 Å². The fourth-order valence-corrected chi connectivity index (χ4v) is 3.29. The van der Waals surface area contributed by atoms with Crippen LogP contribution in [-0.2, 0) is 9.53 Å². The second-order valence-corrected chi connectivity index (χ2v) is 6.70. The van der Waals surface area contributed by atoms with Gasteiger partial charge in [0.05, 0.1) is 6.10 Å².